The molecule has 0 saturated heterocycles. The van der Waals surface area contributed by atoms with Crippen LogP contribution in [-0.2, 0) is 6.54 Å². The molecule has 2 nitrogen and oxygen atoms in total. The van der Waals surface area contributed by atoms with Gasteiger partial charge in [0.05, 0.1) is 3.79 Å². The molecule has 1 heterocycles. The lowest BCUT2D eigenvalue weighted by atomic mass is 10.0. The Kier molecular flexibility index (Phi) is 5.02. The van der Waals surface area contributed by atoms with Gasteiger partial charge in [-0.15, -0.1) is 11.3 Å². The number of thiophene rings is 1. The van der Waals surface area contributed by atoms with Crippen molar-refractivity contribution < 1.29 is 0 Å². The summed E-state index contributed by atoms with van der Waals surface area (Å²) in [5.41, 5.74) is 9.96. The van der Waals surface area contributed by atoms with E-state index in [1.807, 2.05) is 0 Å². The van der Waals surface area contributed by atoms with Crippen LogP contribution in [0.25, 0.3) is 0 Å². The molecule has 0 radical (unpaired) electrons. The van der Waals surface area contributed by atoms with E-state index in [9.17, 15) is 0 Å². The molecule has 102 valence electrons. The van der Waals surface area contributed by atoms with Gasteiger partial charge in [-0.3, -0.25) is 0 Å². The number of para-hydroxylation sites is 1. The average Bonchev–Trinajstić information content (AvgIpc) is 2.83. The highest BCUT2D eigenvalue weighted by Gasteiger charge is 2.12. The molecule has 2 rings (SSSR count). The van der Waals surface area contributed by atoms with E-state index >= 15 is 0 Å². The first-order chi connectivity index (χ1) is 9.11. The van der Waals surface area contributed by atoms with E-state index in [1.54, 1.807) is 11.3 Å². The van der Waals surface area contributed by atoms with E-state index in [4.69, 9.17) is 5.73 Å². The Bertz CT molecular complexity index is 538. The first-order valence-electron chi connectivity index (χ1n) is 6.40. The Balaban J connectivity index is 2.21. The van der Waals surface area contributed by atoms with Crippen molar-refractivity contribution >= 4 is 33.0 Å². The van der Waals surface area contributed by atoms with Gasteiger partial charge < -0.3 is 10.6 Å². The Labute approximate surface area is 127 Å². The minimum Gasteiger partial charge on any atom is -0.370 e. The lowest BCUT2D eigenvalue weighted by Crippen LogP contribution is -2.20. The third-order valence-corrected chi connectivity index (χ3v) is 4.78. The zero-order valence-electron chi connectivity index (χ0n) is 11.3. The molecular formula is C15H19BrN2S. The van der Waals surface area contributed by atoms with Crippen molar-refractivity contribution in [1.82, 2.24) is 0 Å². The number of halogens is 1. The fourth-order valence-corrected chi connectivity index (χ4v) is 3.36. The monoisotopic (exact) mass is 338 g/mol. The van der Waals surface area contributed by atoms with Gasteiger partial charge in [0.1, 0.15) is 0 Å². The van der Waals surface area contributed by atoms with E-state index < -0.39 is 0 Å². The highest BCUT2D eigenvalue weighted by molar-refractivity contribution is 9.11. The summed E-state index contributed by atoms with van der Waals surface area (Å²) in [5, 5.41) is 2.18. The van der Waals surface area contributed by atoms with Gasteiger partial charge >= 0.3 is 0 Å². The normalized spacial score (nSPS) is 12.4. The van der Waals surface area contributed by atoms with Crippen LogP contribution in [0.2, 0.25) is 0 Å². The van der Waals surface area contributed by atoms with Crippen molar-refractivity contribution in [2.45, 2.75) is 25.9 Å². The highest BCUT2D eigenvalue weighted by atomic mass is 79.9. The predicted octanol–water partition coefficient (Wildman–Crippen LogP) is 4.56. The topological polar surface area (TPSA) is 29.3 Å². The largest absolute Gasteiger partial charge is 0.370 e. The summed E-state index contributed by atoms with van der Waals surface area (Å²) >= 11 is 5.23. The molecule has 2 N–H and O–H groups in total. The van der Waals surface area contributed by atoms with E-state index in [2.05, 4.69) is 70.5 Å². The number of benzene rings is 1. The molecule has 0 fully saturated rings. The SMILES string of the molecule is CCC(N)c1ccccc1N(C)Cc1csc(Br)c1. The van der Waals surface area contributed by atoms with E-state index in [0.29, 0.717) is 0 Å². The molecule has 0 aliphatic carbocycles. The van der Waals surface area contributed by atoms with Crippen molar-refractivity contribution in [3.63, 3.8) is 0 Å². The first-order valence-corrected chi connectivity index (χ1v) is 8.07. The number of anilines is 1. The summed E-state index contributed by atoms with van der Waals surface area (Å²) in [6, 6.07) is 10.7. The fourth-order valence-electron chi connectivity index (χ4n) is 2.16. The van der Waals surface area contributed by atoms with Crippen LogP contribution in [0.15, 0.2) is 39.5 Å². The van der Waals surface area contributed by atoms with Crippen LogP contribution in [0.1, 0.15) is 30.5 Å². The van der Waals surface area contributed by atoms with Crippen LogP contribution in [0, 0.1) is 0 Å². The number of rotatable bonds is 5. The molecular weight excluding hydrogens is 320 g/mol. The lowest BCUT2D eigenvalue weighted by molar-refractivity contribution is 0.694. The molecule has 19 heavy (non-hydrogen) atoms. The number of nitrogens with zero attached hydrogens (tertiary/aromatic N) is 1. The molecule has 1 unspecified atom stereocenters. The summed E-state index contributed by atoms with van der Waals surface area (Å²) in [6.45, 7) is 3.02. The van der Waals surface area contributed by atoms with Crippen LogP contribution in [-0.4, -0.2) is 7.05 Å². The Hall–Kier alpha value is -0.840. The van der Waals surface area contributed by atoms with Crippen molar-refractivity contribution in [3.05, 3.63) is 50.6 Å². The minimum absolute atomic E-state index is 0.105. The van der Waals surface area contributed by atoms with Crippen LogP contribution in [0.4, 0.5) is 5.69 Å². The molecule has 1 aromatic carbocycles. The molecule has 0 amide bonds. The van der Waals surface area contributed by atoms with Crippen molar-refractivity contribution in [1.29, 1.82) is 0 Å². The maximum atomic E-state index is 6.20. The van der Waals surface area contributed by atoms with Gasteiger partial charge in [0.2, 0.25) is 0 Å². The third kappa shape index (κ3) is 3.59. The molecule has 0 aliphatic rings. The van der Waals surface area contributed by atoms with Gasteiger partial charge in [-0.05, 0) is 51.0 Å². The van der Waals surface area contributed by atoms with Crippen molar-refractivity contribution in [2.75, 3.05) is 11.9 Å². The highest BCUT2D eigenvalue weighted by Crippen LogP contribution is 2.28. The molecule has 0 spiro atoms. The van der Waals surface area contributed by atoms with Gasteiger partial charge in [-0.2, -0.15) is 0 Å². The van der Waals surface area contributed by atoms with Gasteiger partial charge in [0, 0.05) is 25.3 Å². The first kappa shape index (κ1) is 14.6. The number of hydrogen-bond donors (Lipinski definition) is 1. The summed E-state index contributed by atoms with van der Waals surface area (Å²) in [4.78, 5) is 2.26. The quantitative estimate of drug-likeness (QED) is 0.865. The smallest absolute Gasteiger partial charge is 0.0701 e. The molecule has 1 atom stereocenters. The minimum atomic E-state index is 0.105. The maximum Gasteiger partial charge on any atom is 0.0701 e. The van der Waals surface area contributed by atoms with E-state index in [0.717, 1.165) is 13.0 Å². The average molecular weight is 339 g/mol. The fraction of sp³-hybridized carbons (Fsp3) is 0.333. The zero-order chi connectivity index (χ0) is 13.8. The van der Waals surface area contributed by atoms with Crippen molar-refractivity contribution in [2.24, 2.45) is 5.73 Å². The van der Waals surface area contributed by atoms with Crippen LogP contribution in [0.3, 0.4) is 0 Å². The summed E-state index contributed by atoms with van der Waals surface area (Å²) in [5.74, 6) is 0. The Morgan fingerprint density at radius 3 is 2.74 bits per heavy atom. The maximum absolute atomic E-state index is 6.20. The molecule has 1 aromatic heterocycles. The van der Waals surface area contributed by atoms with Crippen LogP contribution < -0.4 is 10.6 Å². The molecule has 0 bridgehead atoms. The Morgan fingerprint density at radius 2 is 2.11 bits per heavy atom. The van der Waals surface area contributed by atoms with E-state index in [1.165, 1.54) is 20.6 Å². The second kappa shape index (κ2) is 6.55. The molecule has 4 heteroatoms. The van der Waals surface area contributed by atoms with Crippen LogP contribution >= 0.6 is 27.3 Å². The zero-order valence-corrected chi connectivity index (χ0v) is 13.7. The standard InChI is InChI=1S/C15H19BrN2S/c1-3-13(17)12-6-4-5-7-14(12)18(2)9-11-8-15(16)19-10-11/h4-8,10,13H,3,9,17H2,1-2H3. The third-order valence-electron chi connectivity index (χ3n) is 3.23. The van der Waals surface area contributed by atoms with Gasteiger partial charge in [-0.1, -0.05) is 25.1 Å². The molecule has 2 aromatic rings. The lowest BCUT2D eigenvalue weighted by Gasteiger charge is -2.24. The second-order valence-electron chi connectivity index (χ2n) is 4.69. The summed E-state index contributed by atoms with van der Waals surface area (Å²) in [6.07, 6.45) is 0.953. The molecule has 0 aliphatic heterocycles. The molecule has 0 saturated carbocycles. The number of hydrogen-bond acceptors (Lipinski definition) is 3. The van der Waals surface area contributed by atoms with Gasteiger partial charge in [0.25, 0.3) is 0 Å². The van der Waals surface area contributed by atoms with Crippen LogP contribution in [0.5, 0.6) is 0 Å². The summed E-state index contributed by atoms with van der Waals surface area (Å²) < 4.78 is 1.18. The summed E-state index contributed by atoms with van der Waals surface area (Å²) in [7, 11) is 2.12. The van der Waals surface area contributed by atoms with Gasteiger partial charge in [0.15, 0.2) is 0 Å². The number of nitrogens with two attached hydrogens (primary N) is 1. The van der Waals surface area contributed by atoms with Crippen molar-refractivity contribution in [3.8, 4) is 0 Å². The van der Waals surface area contributed by atoms with E-state index in [-0.39, 0.29) is 6.04 Å². The second-order valence-corrected chi connectivity index (χ2v) is 6.98. The Morgan fingerprint density at radius 1 is 1.37 bits per heavy atom. The van der Waals surface area contributed by atoms with Gasteiger partial charge in [-0.25, -0.2) is 0 Å². The predicted molar refractivity (Wildman–Crippen MR) is 87.8 cm³/mol.